The molecule has 0 unspecified atom stereocenters. The predicted molar refractivity (Wildman–Crippen MR) is 139 cm³/mol. The lowest BCUT2D eigenvalue weighted by Gasteiger charge is -2.08. The van der Waals surface area contributed by atoms with Crippen LogP contribution in [0.2, 0.25) is 0 Å². The normalized spacial score (nSPS) is 11.5. The van der Waals surface area contributed by atoms with E-state index in [0.717, 1.165) is 26.7 Å². The summed E-state index contributed by atoms with van der Waals surface area (Å²) in [6, 6.07) is 22.9. The number of amides is 1. The van der Waals surface area contributed by atoms with Crippen molar-refractivity contribution in [3.05, 3.63) is 83.2 Å². The summed E-state index contributed by atoms with van der Waals surface area (Å²) >= 11 is 1.37. The Morgan fingerprint density at radius 2 is 1.74 bits per heavy atom. The van der Waals surface area contributed by atoms with Crippen molar-refractivity contribution in [3.63, 3.8) is 0 Å². The molecule has 0 bridgehead atoms. The molecule has 0 spiro atoms. The molecule has 0 saturated carbocycles. The SMILES string of the molecule is C#CCn1c(=NC(=O)c2cc(-c3ccccc3)nc3ccccc23)sc2cc(OC)c(OC)cc21. The van der Waals surface area contributed by atoms with E-state index in [0.29, 0.717) is 27.6 Å². The topological polar surface area (TPSA) is 65.7 Å². The third-order valence-electron chi connectivity index (χ3n) is 5.65. The molecule has 3 aromatic carbocycles. The molecule has 0 fully saturated rings. The van der Waals surface area contributed by atoms with Gasteiger partial charge in [-0.3, -0.25) is 4.79 Å². The number of ether oxygens (including phenoxy) is 2. The van der Waals surface area contributed by atoms with E-state index in [1.165, 1.54) is 11.3 Å². The lowest BCUT2D eigenvalue weighted by atomic mass is 10.0. The third-order valence-corrected chi connectivity index (χ3v) is 6.69. The Bertz CT molecular complexity index is 1680. The maximum Gasteiger partial charge on any atom is 0.280 e. The third kappa shape index (κ3) is 4.16. The van der Waals surface area contributed by atoms with Crippen LogP contribution in [0.5, 0.6) is 11.5 Å². The van der Waals surface area contributed by atoms with Crippen LogP contribution in [0.4, 0.5) is 0 Å². The van der Waals surface area contributed by atoms with Gasteiger partial charge in [0.1, 0.15) is 0 Å². The fraction of sp³-hybridized carbons (Fsp3) is 0.107. The lowest BCUT2D eigenvalue weighted by molar-refractivity contribution is 0.0999. The highest BCUT2D eigenvalue weighted by atomic mass is 32.1. The minimum Gasteiger partial charge on any atom is -0.493 e. The molecule has 2 aromatic heterocycles. The molecule has 5 aromatic rings. The van der Waals surface area contributed by atoms with Gasteiger partial charge in [0.05, 0.1) is 47.8 Å². The van der Waals surface area contributed by atoms with E-state index in [9.17, 15) is 4.79 Å². The number of rotatable bonds is 5. The first-order chi connectivity index (χ1) is 17.1. The summed E-state index contributed by atoms with van der Waals surface area (Å²) in [6.45, 7) is 0.258. The molecule has 35 heavy (non-hydrogen) atoms. The highest BCUT2D eigenvalue weighted by molar-refractivity contribution is 7.16. The molecule has 172 valence electrons. The molecule has 5 rings (SSSR count). The van der Waals surface area contributed by atoms with Crippen LogP contribution >= 0.6 is 11.3 Å². The van der Waals surface area contributed by atoms with E-state index in [1.807, 2.05) is 71.3 Å². The summed E-state index contributed by atoms with van der Waals surface area (Å²) < 4.78 is 13.6. The van der Waals surface area contributed by atoms with Crippen molar-refractivity contribution < 1.29 is 14.3 Å². The number of benzene rings is 3. The molecule has 6 nitrogen and oxygen atoms in total. The van der Waals surface area contributed by atoms with Crippen molar-refractivity contribution in [1.82, 2.24) is 9.55 Å². The molecule has 0 radical (unpaired) electrons. The van der Waals surface area contributed by atoms with Gasteiger partial charge < -0.3 is 14.0 Å². The molecule has 0 aliphatic heterocycles. The first kappa shape index (κ1) is 22.4. The number of carbonyl (C=O) groups is 1. The molecule has 0 aliphatic carbocycles. The number of fused-ring (bicyclic) bond motifs is 2. The van der Waals surface area contributed by atoms with Crippen LogP contribution in [0.3, 0.4) is 0 Å². The first-order valence-corrected chi connectivity index (χ1v) is 11.7. The molecular weight excluding hydrogens is 458 g/mol. The second-order valence-corrected chi connectivity index (χ2v) is 8.71. The fourth-order valence-corrected chi connectivity index (χ4v) is 5.02. The zero-order valence-corrected chi connectivity index (χ0v) is 20.0. The summed E-state index contributed by atoms with van der Waals surface area (Å²) in [5.41, 5.74) is 3.67. The number of hydrogen-bond donors (Lipinski definition) is 0. The Labute approximate surface area is 206 Å². The average Bonchev–Trinajstić information content (AvgIpc) is 3.23. The van der Waals surface area contributed by atoms with Gasteiger partial charge in [0, 0.05) is 23.1 Å². The van der Waals surface area contributed by atoms with Gasteiger partial charge in [-0.1, -0.05) is 65.8 Å². The molecule has 7 heteroatoms. The zero-order chi connectivity index (χ0) is 24.4. The number of nitrogens with zero attached hydrogens (tertiary/aromatic N) is 3. The Kier molecular flexibility index (Phi) is 6.04. The summed E-state index contributed by atoms with van der Waals surface area (Å²) in [4.78, 5) is 23.4. The van der Waals surface area contributed by atoms with Crippen LogP contribution in [0, 0.1) is 12.3 Å². The van der Waals surface area contributed by atoms with E-state index >= 15 is 0 Å². The summed E-state index contributed by atoms with van der Waals surface area (Å²) in [5, 5.41) is 0.744. The monoisotopic (exact) mass is 479 g/mol. The Balaban J connectivity index is 1.71. The molecular formula is C28H21N3O3S. The maximum absolute atomic E-state index is 13.6. The minimum absolute atomic E-state index is 0.258. The molecule has 0 N–H and O–H groups in total. The number of thiazole rings is 1. The van der Waals surface area contributed by atoms with Crippen molar-refractivity contribution in [3.8, 4) is 35.1 Å². The van der Waals surface area contributed by atoms with Crippen LogP contribution in [0.1, 0.15) is 10.4 Å². The van der Waals surface area contributed by atoms with E-state index in [2.05, 4.69) is 10.9 Å². The van der Waals surface area contributed by atoms with E-state index in [-0.39, 0.29) is 12.5 Å². The van der Waals surface area contributed by atoms with Crippen molar-refractivity contribution in [2.45, 2.75) is 6.54 Å². The van der Waals surface area contributed by atoms with Crippen molar-refractivity contribution in [2.24, 2.45) is 4.99 Å². The van der Waals surface area contributed by atoms with Crippen LogP contribution in [-0.4, -0.2) is 29.7 Å². The summed E-state index contributed by atoms with van der Waals surface area (Å²) in [5.74, 6) is 3.47. The molecule has 0 saturated heterocycles. The van der Waals surface area contributed by atoms with Gasteiger partial charge in [-0.15, -0.1) is 6.42 Å². The van der Waals surface area contributed by atoms with Gasteiger partial charge in [-0.2, -0.15) is 4.99 Å². The molecule has 2 heterocycles. The van der Waals surface area contributed by atoms with Crippen molar-refractivity contribution >= 4 is 38.4 Å². The molecule has 1 amide bonds. The summed E-state index contributed by atoms with van der Waals surface area (Å²) in [7, 11) is 3.16. The number of pyridine rings is 1. The fourth-order valence-electron chi connectivity index (χ4n) is 3.98. The second-order valence-electron chi connectivity index (χ2n) is 7.71. The largest absolute Gasteiger partial charge is 0.493 e. The quantitative estimate of drug-likeness (QED) is 0.321. The van der Waals surface area contributed by atoms with Crippen molar-refractivity contribution in [1.29, 1.82) is 0 Å². The molecule has 0 atom stereocenters. The predicted octanol–water partition coefficient (Wildman–Crippen LogP) is 5.31. The number of methoxy groups -OCH3 is 2. The maximum atomic E-state index is 13.6. The van der Waals surface area contributed by atoms with Crippen molar-refractivity contribution in [2.75, 3.05) is 14.2 Å². The van der Waals surface area contributed by atoms with Gasteiger partial charge in [-0.25, -0.2) is 4.98 Å². The Morgan fingerprint density at radius 1 is 1.03 bits per heavy atom. The standard InChI is InChI=1S/C28H21N3O3S/c1-4-14-31-23-16-24(33-2)25(34-3)17-26(23)35-28(31)30-27(32)20-15-22(18-10-6-5-7-11-18)29-21-13-9-8-12-19(20)21/h1,5-13,15-17H,14H2,2-3H3. The van der Waals surface area contributed by atoms with Crippen LogP contribution < -0.4 is 14.3 Å². The summed E-state index contributed by atoms with van der Waals surface area (Å²) in [6.07, 6.45) is 5.65. The van der Waals surface area contributed by atoms with Crippen LogP contribution in [0.25, 0.3) is 32.4 Å². The Hall–Kier alpha value is -4.41. The number of carbonyl (C=O) groups excluding carboxylic acids is 1. The second kappa shape index (κ2) is 9.45. The molecule has 0 aliphatic rings. The highest BCUT2D eigenvalue weighted by Gasteiger charge is 2.16. The van der Waals surface area contributed by atoms with E-state index < -0.39 is 0 Å². The first-order valence-electron chi connectivity index (χ1n) is 10.9. The zero-order valence-electron chi connectivity index (χ0n) is 19.2. The van der Waals surface area contributed by atoms with Gasteiger partial charge >= 0.3 is 0 Å². The highest BCUT2D eigenvalue weighted by Crippen LogP contribution is 2.33. The van der Waals surface area contributed by atoms with Gasteiger partial charge in [0.25, 0.3) is 5.91 Å². The smallest absolute Gasteiger partial charge is 0.280 e. The van der Waals surface area contributed by atoms with E-state index in [4.69, 9.17) is 20.9 Å². The number of para-hydroxylation sites is 1. The number of terminal acetylenes is 1. The Morgan fingerprint density at radius 3 is 2.49 bits per heavy atom. The van der Waals surface area contributed by atoms with Gasteiger partial charge in [0.15, 0.2) is 16.3 Å². The van der Waals surface area contributed by atoms with Gasteiger partial charge in [0.2, 0.25) is 0 Å². The average molecular weight is 480 g/mol. The number of aromatic nitrogens is 2. The van der Waals surface area contributed by atoms with Crippen LogP contribution in [0.15, 0.2) is 77.8 Å². The van der Waals surface area contributed by atoms with Gasteiger partial charge in [-0.05, 0) is 12.1 Å². The number of hydrogen-bond acceptors (Lipinski definition) is 5. The van der Waals surface area contributed by atoms with Crippen LogP contribution in [-0.2, 0) is 6.54 Å². The minimum atomic E-state index is -0.364. The lowest BCUT2D eigenvalue weighted by Crippen LogP contribution is -2.16. The van der Waals surface area contributed by atoms with E-state index in [1.54, 1.807) is 20.3 Å².